The van der Waals surface area contributed by atoms with E-state index in [1.54, 1.807) is 23.1 Å². The average molecular weight is 436 g/mol. The molecule has 8 nitrogen and oxygen atoms in total. The van der Waals surface area contributed by atoms with E-state index in [2.05, 4.69) is 32.5 Å². The van der Waals surface area contributed by atoms with Crippen LogP contribution in [-0.4, -0.2) is 47.3 Å². The molecule has 0 spiro atoms. The topological polar surface area (TPSA) is 99.0 Å². The molecule has 4 rings (SSSR count). The first kappa shape index (κ1) is 21.6. The number of anilines is 1. The molecule has 3 amide bonds. The van der Waals surface area contributed by atoms with Gasteiger partial charge in [0, 0.05) is 25.8 Å². The number of carbonyl (C=O) groups is 2. The van der Waals surface area contributed by atoms with E-state index in [1.807, 2.05) is 0 Å². The number of hydrogen-bond acceptors (Lipinski definition) is 5. The first-order valence-corrected chi connectivity index (χ1v) is 10.7. The van der Waals surface area contributed by atoms with Gasteiger partial charge in [-0.2, -0.15) is 10.2 Å². The van der Waals surface area contributed by atoms with Crippen LogP contribution < -0.4 is 10.6 Å². The normalized spacial score (nSPS) is 16.1. The Bertz CT molecular complexity index is 1060. The van der Waals surface area contributed by atoms with Gasteiger partial charge >= 0.3 is 6.03 Å². The Morgan fingerprint density at radius 3 is 2.81 bits per heavy atom. The van der Waals surface area contributed by atoms with Crippen molar-refractivity contribution in [1.29, 1.82) is 0 Å². The largest absolute Gasteiger partial charge is 0.335 e. The molecule has 0 radical (unpaired) electrons. The number of hydrogen-bond donors (Lipinski definition) is 2. The molecule has 1 aliphatic heterocycles. The average Bonchev–Trinajstić information content (AvgIpc) is 3.30. The number of pyridine rings is 1. The SMILES string of the molecule is C=NN=Cc1cccc(NC(=O)c2cc3c(cc2F)CCN(C(=O)NC2CCCC2)C3)n1. The second-order valence-electron chi connectivity index (χ2n) is 7.99. The fourth-order valence-corrected chi connectivity index (χ4v) is 4.14. The first-order valence-electron chi connectivity index (χ1n) is 10.7. The highest BCUT2D eigenvalue weighted by molar-refractivity contribution is 6.04. The molecule has 32 heavy (non-hydrogen) atoms. The van der Waals surface area contributed by atoms with Gasteiger partial charge in [-0.3, -0.25) is 4.79 Å². The van der Waals surface area contributed by atoms with Gasteiger partial charge < -0.3 is 15.5 Å². The van der Waals surface area contributed by atoms with Crippen LogP contribution in [0.3, 0.4) is 0 Å². The number of fused-ring (bicyclic) bond motifs is 1. The fourth-order valence-electron chi connectivity index (χ4n) is 4.14. The van der Waals surface area contributed by atoms with Crippen LogP contribution in [0.25, 0.3) is 0 Å². The third-order valence-electron chi connectivity index (χ3n) is 5.80. The molecule has 1 aromatic carbocycles. The van der Waals surface area contributed by atoms with Crippen LogP contribution in [-0.2, 0) is 13.0 Å². The Hall–Kier alpha value is -3.62. The Kier molecular flexibility index (Phi) is 6.53. The number of nitrogens with zero attached hydrogens (tertiary/aromatic N) is 4. The minimum Gasteiger partial charge on any atom is -0.335 e. The van der Waals surface area contributed by atoms with E-state index in [-0.39, 0.29) is 23.5 Å². The van der Waals surface area contributed by atoms with E-state index >= 15 is 0 Å². The molecule has 1 fully saturated rings. The summed E-state index contributed by atoms with van der Waals surface area (Å²) in [6.45, 7) is 4.12. The summed E-state index contributed by atoms with van der Waals surface area (Å²) in [5, 5.41) is 12.7. The zero-order valence-electron chi connectivity index (χ0n) is 17.7. The highest BCUT2D eigenvalue weighted by atomic mass is 19.1. The minimum absolute atomic E-state index is 0.0876. The summed E-state index contributed by atoms with van der Waals surface area (Å²) in [5.41, 5.74) is 1.98. The molecule has 0 atom stereocenters. The fraction of sp³-hybridized carbons (Fsp3) is 0.348. The van der Waals surface area contributed by atoms with Gasteiger partial charge in [-0.1, -0.05) is 18.9 Å². The summed E-state index contributed by atoms with van der Waals surface area (Å²) in [6, 6.07) is 8.03. The Morgan fingerprint density at radius 1 is 1.22 bits per heavy atom. The quantitative estimate of drug-likeness (QED) is 0.554. The Balaban J connectivity index is 1.47. The number of amides is 3. The van der Waals surface area contributed by atoms with Gasteiger partial charge in [0.05, 0.1) is 17.5 Å². The lowest BCUT2D eigenvalue weighted by Gasteiger charge is -2.30. The molecule has 2 N–H and O–H groups in total. The lowest BCUT2D eigenvalue weighted by Crippen LogP contribution is -2.46. The van der Waals surface area contributed by atoms with Crippen LogP contribution in [0.4, 0.5) is 15.0 Å². The van der Waals surface area contributed by atoms with E-state index in [0.29, 0.717) is 25.2 Å². The standard InChI is InChI=1S/C23H25FN6O2/c1-25-26-13-18-7-4-8-21(27-18)29-22(31)19-11-16-14-30(10-9-15(16)12-20(19)24)23(32)28-17-5-2-3-6-17/h4,7-8,11-13,17H,1-3,5-6,9-10,14H2,(H,28,32)(H,27,29,31). The van der Waals surface area contributed by atoms with Gasteiger partial charge in [-0.25, -0.2) is 14.2 Å². The lowest BCUT2D eigenvalue weighted by molar-refractivity contribution is 0.102. The molecule has 0 unspecified atom stereocenters. The number of urea groups is 1. The van der Waals surface area contributed by atoms with Crippen molar-refractivity contribution in [3.8, 4) is 0 Å². The maximum absolute atomic E-state index is 14.7. The van der Waals surface area contributed by atoms with Crippen molar-refractivity contribution in [1.82, 2.24) is 15.2 Å². The van der Waals surface area contributed by atoms with Crippen LogP contribution in [0.2, 0.25) is 0 Å². The second kappa shape index (κ2) is 9.67. The third kappa shape index (κ3) is 4.99. The van der Waals surface area contributed by atoms with Crippen molar-refractivity contribution >= 4 is 30.7 Å². The smallest absolute Gasteiger partial charge is 0.317 e. The number of rotatable bonds is 5. The minimum atomic E-state index is -0.610. The highest BCUT2D eigenvalue weighted by Crippen LogP contribution is 2.24. The second-order valence-corrected chi connectivity index (χ2v) is 7.99. The van der Waals surface area contributed by atoms with Gasteiger partial charge in [0.2, 0.25) is 0 Å². The van der Waals surface area contributed by atoms with E-state index < -0.39 is 11.7 Å². The highest BCUT2D eigenvalue weighted by Gasteiger charge is 2.26. The van der Waals surface area contributed by atoms with E-state index in [0.717, 1.165) is 36.8 Å². The number of aromatic nitrogens is 1. The predicted molar refractivity (Wildman–Crippen MR) is 121 cm³/mol. The summed E-state index contributed by atoms with van der Waals surface area (Å²) >= 11 is 0. The van der Waals surface area contributed by atoms with Crippen molar-refractivity contribution in [3.63, 3.8) is 0 Å². The molecule has 1 saturated carbocycles. The molecule has 166 valence electrons. The van der Waals surface area contributed by atoms with Crippen molar-refractivity contribution in [2.24, 2.45) is 10.2 Å². The first-order chi connectivity index (χ1) is 15.5. The number of halogens is 1. The molecular formula is C23H25FN6O2. The maximum atomic E-state index is 14.7. The van der Waals surface area contributed by atoms with Crippen LogP contribution in [0.1, 0.15) is 52.9 Å². The van der Waals surface area contributed by atoms with E-state index in [4.69, 9.17) is 0 Å². The van der Waals surface area contributed by atoms with Gasteiger partial charge in [0.25, 0.3) is 5.91 Å². The van der Waals surface area contributed by atoms with Crippen LogP contribution in [0.15, 0.2) is 40.5 Å². The van der Waals surface area contributed by atoms with E-state index in [1.165, 1.54) is 18.3 Å². The molecule has 0 saturated heterocycles. The molecule has 2 heterocycles. The molecule has 0 bridgehead atoms. The molecular weight excluding hydrogens is 411 g/mol. The zero-order chi connectivity index (χ0) is 22.5. The maximum Gasteiger partial charge on any atom is 0.317 e. The molecule has 2 aromatic rings. The Labute approximate surface area is 185 Å². The molecule has 9 heteroatoms. The zero-order valence-corrected chi connectivity index (χ0v) is 17.7. The van der Waals surface area contributed by atoms with Crippen molar-refractivity contribution in [2.75, 3.05) is 11.9 Å². The van der Waals surface area contributed by atoms with Crippen LogP contribution in [0, 0.1) is 5.82 Å². The van der Waals surface area contributed by atoms with Gasteiger partial charge in [0.1, 0.15) is 11.6 Å². The third-order valence-corrected chi connectivity index (χ3v) is 5.80. The molecule has 1 aromatic heterocycles. The van der Waals surface area contributed by atoms with Crippen molar-refractivity contribution in [3.05, 3.63) is 58.5 Å². The summed E-state index contributed by atoms with van der Waals surface area (Å²) < 4.78 is 14.7. The predicted octanol–water partition coefficient (Wildman–Crippen LogP) is 3.52. The van der Waals surface area contributed by atoms with Gasteiger partial charge in [0.15, 0.2) is 0 Å². The molecule has 1 aliphatic carbocycles. The van der Waals surface area contributed by atoms with Gasteiger partial charge in [-0.15, -0.1) is 0 Å². The van der Waals surface area contributed by atoms with Crippen LogP contribution in [0.5, 0.6) is 0 Å². The number of benzene rings is 1. The molecule has 2 aliphatic rings. The van der Waals surface area contributed by atoms with Crippen molar-refractivity contribution < 1.29 is 14.0 Å². The number of carbonyl (C=O) groups excluding carboxylic acids is 2. The van der Waals surface area contributed by atoms with Gasteiger partial charge in [-0.05, 0) is 54.7 Å². The van der Waals surface area contributed by atoms with Crippen molar-refractivity contribution in [2.45, 2.75) is 44.7 Å². The monoisotopic (exact) mass is 436 g/mol. The van der Waals surface area contributed by atoms with Crippen LogP contribution >= 0.6 is 0 Å². The number of nitrogens with one attached hydrogen (secondary N) is 2. The summed E-state index contributed by atoms with van der Waals surface area (Å²) in [6.07, 6.45) is 6.25. The lowest BCUT2D eigenvalue weighted by atomic mass is 9.96. The summed E-state index contributed by atoms with van der Waals surface area (Å²) in [4.78, 5) is 31.3. The van der Waals surface area contributed by atoms with E-state index in [9.17, 15) is 14.0 Å². The Morgan fingerprint density at radius 2 is 2.03 bits per heavy atom. The summed E-state index contributed by atoms with van der Waals surface area (Å²) in [7, 11) is 0. The summed E-state index contributed by atoms with van der Waals surface area (Å²) in [5.74, 6) is -0.947.